The molecule has 0 amide bonds. The molecule has 0 heterocycles. The van der Waals surface area contributed by atoms with Gasteiger partial charge in [0.1, 0.15) is 12.4 Å². The molecule has 0 aliphatic carbocycles. The molecule has 6 nitrogen and oxygen atoms in total. The zero-order chi connectivity index (χ0) is 19.5. The van der Waals surface area contributed by atoms with E-state index >= 15 is 0 Å². The van der Waals surface area contributed by atoms with Crippen molar-refractivity contribution < 1.29 is 14.3 Å². The lowest BCUT2D eigenvalue weighted by Gasteiger charge is -2.09. The van der Waals surface area contributed by atoms with E-state index < -0.39 is 0 Å². The number of ether oxygens (including phenoxy) is 2. The standard InChI is InChI=1S/C20H21N3O3S/c1-3-12-21-20(27)23-22-13-17-6-4-5-7-18(17)26-14-15-8-10-16(11-9-15)19(24)25-2/h3-11,13H,1,12,14H2,2H3,(H2,21,23,27). The fourth-order valence-corrected chi connectivity index (χ4v) is 2.24. The smallest absolute Gasteiger partial charge is 0.337 e. The summed E-state index contributed by atoms with van der Waals surface area (Å²) >= 11 is 5.07. The normalized spacial score (nSPS) is 10.3. The molecular weight excluding hydrogens is 362 g/mol. The zero-order valence-corrected chi connectivity index (χ0v) is 15.8. The lowest BCUT2D eigenvalue weighted by molar-refractivity contribution is 0.0600. The van der Waals surface area contributed by atoms with Crippen LogP contribution >= 0.6 is 12.2 Å². The van der Waals surface area contributed by atoms with E-state index in [1.807, 2.05) is 36.4 Å². The van der Waals surface area contributed by atoms with Gasteiger partial charge >= 0.3 is 5.97 Å². The first kappa shape index (κ1) is 20.1. The lowest BCUT2D eigenvalue weighted by Crippen LogP contribution is -2.31. The number of thiocarbonyl (C=S) groups is 1. The summed E-state index contributed by atoms with van der Waals surface area (Å²) in [5.41, 5.74) is 4.97. The van der Waals surface area contributed by atoms with Gasteiger partial charge in [-0.1, -0.05) is 30.3 Å². The Morgan fingerprint density at radius 2 is 1.96 bits per heavy atom. The molecule has 0 saturated carbocycles. The highest BCUT2D eigenvalue weighted by molar-refractivity contribution is 7.80. The van der Waals surface area contributed by atoms with Crippen LogP contribution < -0.4 is 15.5 Å². The monoisotopic (exact) mass is 383 g/mol. The Kier molecular flexibility index (Phi) is 7.99. The number of hydrazone groups is 1. The van der Waals surface area contributed by atoms with Gasteiger partial charge in [-0.05, 0) is 42.0 Å². The van der Waals surface area contributed by atoms with E-state index in [1.54, 1.807) is 24.4 Å². The third-order valence-corrected chi connectivity index (χ3v) is 3.70. The molecule has 0 aliphatic rings. The average molecular weight is 383 g/mol. The van der Waals surface area contributed by atoms with Crippen LogP contribution in [0.25, 0.3) is 0 Å². The van der Waals surface area contributed by atoms with Crippen molar-refractivity contribution in [1.82, 2.24) is 10.7 Å². The van der Waals surface area contributed by atoms with E-state index in [4.69, 9.17) is 17.0 Å². The summed E-state index contributed by atoms with van der Waals surface area (Å²) in [6, 6.07) is 14.6. The highest BCUT2D eigenvalue weighted by Gasteiger charge is 2.05. The maximum absolute atomic E-state index is 11.5. The van der Waals surface area contributed by atoms with Crippen molar-refractivity contribution in [1.29, 1.82) is 0 Å². The van der Waals surface area contributed by atoms with Crippen molar-refractivity contribution >= 4 is 29.5 Å². The van der Waals surface area contributed by atoms with E-state index in [0.717, 1.165) is 11.1 Å². The molecule has 2 aromatic rings. The number of hydrogen-bond acceptors (Lipinski definition) is 5. The van der Waals surface area contributed by atoms with Gasteiger partial charge in [0.15, 0.2) is 5.11 Å². The fraction of sp³-hybridized carbons (Fsp3) is 0.150. The molecule has 140 valence electrons. The minimum absolute atomic E-state index is 0.360. The van der Waals surface area contributed by atoms with Crippen molar-refractivity contribution in [2.24, 2.45) is 5.10 Å². The lowest BCUT2D eigenvalue weighted by atomic mass is 10.1. The van der Waals surface area contributed by atoms with Crippen molar-refractivity contribution in [3.8, 4) is 5.75 Å². The predicted molar refractivity (Wildman–Crippen MR) is 110 cm³/mol. The van der Waals surface area contributed by atoms with Crippen LogP contribution in [0.15, 0.2) is 66.3 Å². The van der Waals surface area contributed by atoms with Crippen molar-refractivity contribution in [3.63, 3.8) is 0 Å². The first-order valence-corrected chi connectivity index (χ1v) is 8.61. The molecule has 0 aromatic heterocycles. The Morgan fingerprint density at radius 1 is 1.22 bits per heavy atom. The predicted octanol–water partition coefficient (Wildman–Crippen LogP) is 3.04. The van der Waals surface area contributed by atoms with Gasteiger partial charge < -0.3 is 14.8 Å². The number of hydrogen-bond donors (Lipinski definition) is 2. The van der Waals surface area contributed by atoms with Crippen LogP contribution in [0.1, 0.15) is 21.5 Å². The van der Waals surface area contributed by atoms with E-state index in [1.165, 1.54) is 7.11 Å². The number of esters is 1. The quantitative estimate of drug-likeness (QED) is 0.240. The molecule has 0 unspecified atom stereocenters. The SMILES string of the molecule is C=CCNC(=S)NN=Cc1ccccc1OCc1ccc(C(=O)OC)cc1. The van der Waals surface area contributed by atoms with Gasteiger partial charge in [-0.2, -0.15) is 5.10 Å². The van der Waals surface area contributed by atoms with Crippen molar-refractivity contribution in [3.05, 3.63) is 77.9 Å². The van der Waals surface area contributed by atoms with Gasteiger partial charge in [0.05, 0.1) is 18.9 Å². The number of carbonyl (C=O) groups is 1. The van der Waals surface area contributed by atoms with E-state index in [-0.39, 0.29) is 5.97 Å². The molecule has 0 fully saturated rings. The van der Waals surface area contributed by atoms with Crippen LogP contribution in [0.5, 0.6) is 5.75 Å². The summed E-state index contributed by atoms with van der Waals surface area (Å²) in [6.07, 6.45) is 3.34. The third kappa shape index (κ3) is 6.56. The molecule has 27 heavy (non-hydrogen) atoms. The fourth-order valence-electron chi connectivity index (χ4n) is 2.10. The van der Waals surface area contributed by atoms with Crippen LogP contribution in [0.2, 0.25) is 0 Å². The van der Waals surface area contributed by atoms with Gasteiger partial charge in [0.25, 0.3) is 0 Å². The Bertz CT molecular complexity index is 819. The van der Waals surface area contributed by atoms with Crippen molar-refractivity contribution in [2.45, 2.75) is 6.61 Å². The minimum Gasteiger partial charge on any atom is -0.488 e. The van der Waals surface area contributed by atoms with Crippen LogP contribution in [0.3, 0.4) is 0 Å². The second kappa shape index (κ2) is 10.7. The molecule has 0 radical (unpaired) electrons. The van der Waals surface area contributed by atoms with Crippen LogP contribution in [-0.2, 0) is 11.3 Å². The molecule has 0 aliphatic heterocycles. The van der Waals surface area contributed by atoms with Gasteiger partial charge in [0, 0.05) is 12.1 Å². The maximum Gasteiger partial charge on any atom is 0.337 e. The Labute approximate surface area is 163 Å². The molecule has 2 N–H and O–H groups in total. The van der Waals surface area contributed by atoms with Gasteiger partial charge in [0.2, 0.25) is 0 Å². The number of rotatable bonds is 8. The summed E-state index contributed by atoms with van der Waals surface area (Å²) in [7, 11) is 1.36. The van der Waals surface area contributed by atoms with Crippen LogP contribution in [0.4, 0.5) is 0 Å². The highest BCUT2D eigenvalue weighted by Crippen LogP contribution is 2.18. The first-order valence-electron chi connectivity index (χ1n) is 8.21. The number of nitrogens with zero attached hydrogens (tertiary/aromatic N) is 1. The Hall–Kier alpha value is -3.19. The second-order valence-corrected chi connectivity index (χ2v) is 5.79. The highest BCUT2D eigenvalue weighted by atomic mass is 32.1. The number of nitrogens with one attached hydrogen (secondary N) is 2. The van der Waals surface area contributed by atoms with Crippen LogP contribution in [-0.4, -0.2) is 31.0 Å². The summed E-state index contributed by atoms with van der Waals surface area (Å²) in [5, 5.41) is 7.44. The summed E-state index contributed by atoms with van der Waals surface area (Å²) < 4.78 is 10.6. The number of benzene rings is 2. The zero-order valence-electron chi connectivity index (χ0n) is 15.0. The molecule has 0 spiro atoms. The Morgan fingerprint density at radius 3 is 2.67 bits per heavy atom. The molecule has 0 atom stereocenters. The molecule has 2 aromatic carbocycles. The maximum atomic E-state index is 11.5. The third-order valence-electron chi connectivity index (χ3n) is 3.47. The Balaban J connectivity index is 1.96. The molecule has 0 bridgehead atoms. The minimum atomic E-state index is -0.364. The summed E-state index contributed by atoms with van der Waals surface area (Å²) in [4.78, 5) is 11.5. The summed E-state index contributed by atoms with van der Waals surface area (Å²) in [5.74, 6) is 0.321. The molecule has 7 heteroatoms. The summed E-state index contributed by atoms with van der Waals surface area (Å²) in [6.45, 7) is 4.53. The molecular formula is C20H21N3O3S. The second-order valence-electron chi connectivity index (χ2n) is 5.38. The van der Waals surface area contributed by atoms with Gasteiger partial charge in [-0.25, -0.2) is 4.79 Å². The number of carbonyl (C=O) groups excluding carboxylic acids is 1. The van der Waals surface area contributed by atoms with E-state index in [9.17, 15) is 4.79 Å². The largest absolute Gasteiger partial charge is 0.488 e. The first-order chi connectivity index (χ1) is 13.1. The average Bonchev–Trinajstić information content (AvgIpc) is 2.71. The molecule has 0 saturated heterocycles. The van der Waals surface area contributed by atoms with Gasteiger partial charge in [-0.3, -0.25) is 5.43 Å². The topological polar surface area (TPSA) is 72.0 Å². The number of methoxy groups -OCH3 is 1. The van der Waals surface area contributed by atoms with Gasteiger partial charge in [-0.15, -0.1) is 6.58 Å². The van der Waals surface area contributed by atoms with E-state index in [2.05, 4.69) is 27.2 Å². The molecule has 2 rings (SSSR count). The van der Waals surface area contributed by atoms with Crippen molar-refractivity contribution in [2.75, 3.05) is 13.7 Å². The van der Waals surface area contributed by atoms with Crippen LogP contribution in [0, 0.1) is 0 Å². The number of para-hydroxylation sites is 1. The van der Waals surface area contributed by atoms with E-state index in [0.29, 0.717) is 29.6 Å².